The molecule has 1 aromatic rings. The maximum Gasteiger partial charge on any atom is 0.407 e. The lowest BCUT2D eigenvalue weighted by Gasteiger charge is -2.33. The van der Waals surface area contributed by atoms with Crippen molar-refractivity contribution < 1.29 is 14.8 Å². The average molecular weight is 293 g/mol. The fraction of sp³-hybridized carbons (Fsp3) is 0.500. The highest BCUT2D eigenvalue weighted by molar-refractivity contribution is 5.68. The first-order valence-corrected chi connectivity index (χ1v) is 6.56. The van der Waals surface area contributed by atoms with E-state index in [1.807, 2.05) is 4.90 Å². The van der Waals surface area contributed by atoms with Gasteiger partial charge in [0.2, 0.25) is 5.82 Å². The molecule has 1 aromatic heterocycles. The molecule has 2 fully saturated rings. The minimum atomic E-state index is -0.908. The second kappa shape index (κ2) is 4.47. The number of hydrogen-bond donors (Lipinski definition) is 2. The lowest BCUT2D eigenvalue weighted by atomic mass is 10.2. The Hall–Kier alpha value is -2.58. The Morgan fingerprint density at radius 2 is 2.24 bits per heavy atom. The van der Waals surface area contributed by atoms with Crippen molar-refractivity contribution >= 4 is 23.4 Å². The van der Waals surface area contributed by atoms with Crippen LogP contribution in [-0.4, -0.2) is 51.2 Å². The van der Waals surface area contributed by atoms with Gasteiger partial charge in [-0.25, -0.2) is 9.78 Å². The number of hydrogen-bond acceptors (Lipinski definition) is 6. The maximum atomic E-state index is 11.1. The van der Waals surface area contributed by atoms with E-state index in [0.29, 0.717) is 24.5 Å². The van der Waals surface area contributed by atoms with Crippen LogP contribution in [0.25, 0.3) is 0 Å². The molecule has 9 heteroatoms. The van der Waals surface area contributed by atoms with Gasteiger partial charge in [0.15, 0.2) is 0 Å². The fourth-order valence-corrected chi connectivity index (χ4v) is 3.24. The number of carbonyl (C=O) groups is 1. The predicted molar refractivity (Wildman–Crippen MR) is 74.3 cm³/mol. The van der Waals surface area contributed by atoms with E-state index >= 15 is 0 Å². The minimum absolute atomic E-state index is 0.0500. The highest BCUT2D eigenvalue weighted by Gasteiger charge is 2.46. The molecular weight excluding hydrogens is 278 g/mol. The fourth-order valence-electron chi connectivity index (χ4n) is 3.24. The Kier molecular flexibility index (Phi) is 2.85. The molecule has 2 saturated heterocycles. The smallest absolute Gasteiger partial charge is 0.407 e. The number of aromatic nitrogens is 1. The van der Waals surface area contributed by atoms with Gasteiger partial charge in [0.25, 0.3) is 0 Å². The number of amides is 1. The van der Waals surface area contributed by atoms with Crippen LogP contribution in [0, 0.1) is 17.0 Å². The summed E-state index contributed by atoms with van der Waals surface area (Å²) in [5.74, 6) is 0.473. The molecule has 0 unspecified atom stereocenters. The van der Waals surface area contributed by atoms with Gasteiger partial charge in [0, 0.05) is 18.7 Å². The van der Waals surface area contributed by atoms with Crippen LogP contribution in [0.3, 0.4) is 0 Å². The zero-order valence-corrected chi connectivity index (χ0v) is 11.4. The summed E-state index contributed by atoms with van der Waals surface area (Å²) in [4.78, 5) is 29.0. The van der Waals surface area contributed by atoms with Gasteiger partial charge in [-0.05, 0) is 19.4 Å². The van der Waals surface area contributed by atoms with Crippen LogP contribution in [-0.2, 0) is 0 Å². The van der Waals surface area contributed by atoms with Crippen molar-refractivity contribution in [2.75, 3.05) is 23.7 Å². The number of nitro groups is 1. The first-order chi connectivity index (χ1) is 9.88. The summed E-state index contributed by atoms with van der Waals surface area (Å²) >= 11 is 0. The molecule has 2 aliphatic rings. The van der Waals surface area contributed by atoms with Gasteiger partial charge in [-0.2, -0.15) is 0 Å². The summed E-state index contributed by atoms with van der Waals surface area (Å²) in [6, 6.07) is 1.64. The molecule has 0 aliphatic carbocycles. The molecule has 2 aliphatic heterocycles. The molecule has 112 valence electrons. The SMILES string of the molecule is Cc1cc(N2C[C@@H]3C[C@H]2CN3C(=O)O)nc(N)c1[N+](=O)[O-]. The highest BCUT2D eigenvalue weighted by atomic mass is 16.6. The minimum Gasteiger partial charge on any atom is -0.465 e. The van der Waals surface area contributed by atoms with Crippen LogP contribution >= 0.6 is 0 Å². The quantitative estimate of drug-likeness (QED) is 0.610. The van der Waals surface area contributed by atoms with Crippen molar-refractivity contribution in [1.29, 1.82) is 0 Å². The largest absolute Gasteiger partial charge is 0.465 e. The van der Waals surface area contributed by atoms with Crippen molar-refractivity contribution in [2.24, 2.45) is 0 Å². The summed E-state index contributed by atoms with van der Waals surface area (Å²) in [5.41, 5.74) is 5.97. The lowest BCUT2D eigenvalue weighted by Crippen LogP contribution is -2.48. The Labute approximate surface area is 120 Å². The first-order valence-electron chi connectivity index (χ1n) is 6.56. The zero-order chi connectivity index (χ0) is 15.3. The number of nitrogens with zero attached hydrogens (tertiary/aromatic N) is 4. The van der Waals surface area contributed by atoms with Gasteiger partial charge < -0.3 is 20.6 Å². The molecule has 0 aromatic carbocycles. The molecular formula is C12H15N5O4. The van der Waals surface area contributed by atoms with Crippen molar-refractivity contribution in [1.82, 2.24) is 9.88 Å². The number of nitrogen functional groups attached to an aromatic ring is 1. The third-order valence-electron chi connectivity index (χ3n) is 4.16. The van der Waals surface area contributed by atoms with Crippen LogP contribution in [0.5, 0.6) is 0 Å². The van der Waals surface area contributed by atoms with E-state index in [0.717, 1.165) is 6.42 Å². The molecule has 3 heterocycles. The second-order valence-electron chi connectivity index (χ2n) is 5.42. The van der Waals surface area contributed by atoms with Gasteiger partial charge in [-0.1, -0.05) is 0 Å². The van der Waals surface area contributed by atoms with Crippen molar-refractivity contribution in [3.63, 3.8) is 0 Å². The van der Waals surface area contributed by atoms with Crippen LogP contribution in [0.4, 0.5) is 22.1 Å². The summed E-state index contributed by atoms with van der Waals surface area (Å²) in [6.07, 6.45) is -0.154. The van der Waals surface area contributed by atoms with Gasteiger partial charge in [0.05, 0.1) is 17.0 Å². The summed E-state index contributed by atoms with van der Waals surface area (Å²) in [5, 5.41) is 20.0. The van der Waals surface area contributed by atoms with E-state index in [1.54, 1.807) is 13.0 Å². The average Bonchev–Trinajstić information content (AvgIpc) is 2.96. The number of carboxylic acid groups (broad SMARTS) is 1. The Morgan fingerprint density at radius 3 is 2.71 bits per heavy atom. The van der Waals surface area contributed by atoms with E-state index in [1.165, 1.54) is 4.90 Å². The van der Waals surface area contributed by atoms with E-state index in [2.05, 4.69) is 4.98 Å². The molecule has 1 amide bonds. The molecule has 9 nitrogen and oxygen atoms in total. The van der Waals surface area contributed by atoms with E-state index < -0.39 is 11.0 Å². The Bertz CT molecular complexity index is 611. The van der Waals surface area contributed by atoms with Gasteiger partial charge in [-0.15, -0.1) is 0 Å². The predicted octanol–water partition coefficient (Wildman–Crippen LogP) is 0.821. The van der Waals surface area contributed by atoms with Crippen LogP contribution in [0.2, 0.25) is 0 Å². The van der Waals surface area contributed by atoms with Gasteiger partial charge >= 0.3 is 11.8 Å². The van der Waals surface area contributed by atoms with Crippen LogP contribution in [0.1, 0.15) is 12.0 Å². The van der Waals surface area contributed by atoms with E-state index in [-0.39, 0.29) is 23.6 Å². The van der Waals surface area contributed by atoms with Crippen molar-refractivity contribution in [3.05, 3.63) is 21.7 Å². The Morgan fingerprint density at radius 1 is 1.52 bits per heavy atom. The van der Waals surface area contributed by atoms with Crippen molar-refractivity contribution in [3.8, 4) is 0 Å². The summed E-state index contributed by atoms with van der Waals surface area (Å²) < 4.78 is 0. The number of likely N-dealkylation sites (tertiary alicyclic amines) is 1. The number of rotatable bonds is 2. The topological polar surface area (TPSA) is 126 Å². The standard InChI is InChI=1S/C12H15N5O4/c1-6-2-9(14-11(13)10(6)17(20)21)15-4-8-3-7(15)5-16(8)12(18)19/h2,7-8H,3-5H2,1H3,(H2,13,14)(H,18,19)/t7-,8-/m0/s1. The third-order valence-corrected chi connectivity index (χ3v) is 4.16. The molecule has 2 bridgehead atoms. The molecule has 2 atom stereocenters. The van der Waals surface area contributed by atoms with Crippen LogP contribution in [0.15, 0.2) is 6.07 Å². The molecule has 3 rings (SSSR count). The third kappa shape index (κ3) is 2.01. The normalized spacial score (nSPS) is 23.7. The molecule has 0 saturated carbocycles. The summed E-state index contributed by atoms with van der Waals surface area (Å²) in [7, 11) is 0. The number of aryl methyl sites for hydroxylation is 1. The lowest BCUT2D eigenvalue weighted by molar-refractivity contribution is -0.384. The summed E-state index contributed by atoms with van der Waals surface area (Å²) in [6.45, 7) is 2.59. The first kappa shape index (κ1) is 13.4. The zero-order valence-electron chi connectivity index (χ0n) is 11.4. The second-order valence-corrected chi connectivity index (χ2v) is 5.42. The number of pyridine rings is 1. The molecule has 0 spiro atoms. The monoisotopic (exact) mass is 293 g/mol. The molecule has 0 radical (unpaired) electrons. The number of anilines is 2. The van der Waals surface area contributed by atoms with Crippen molar-refractivity contribution in [2.45, 2.75) is 25.4 Å². The molecule has 3 N–H and O–H groups in total. The van der Waals surface area contributed by atoms with Gasteiger partial charge in [-0.3, -0.25) is 10.1 Å². The maximum absolute atomic E-state index is 11.1. The molecule has 21 heavy (non-hydrogen) atoms. The highest BCUT2D eigenvalue weighted by Crippen LogP contribution is 2.36. The number of nitrogens with two attached hydrogens (primary N) is 1. The number of piperazine rings is 1. The van der Waals surface area contributed by atoms with Crippen LogP contribution < -0.4 is 10.6 Å². The van der Waals surface area contributed by atoms with E-state index in [9.17, 15) is 14.9 Å². The van der Waals surface area contributed by atoms with E-state index in [4.69, 9.17) is 10.8 Å². The Balaban J connectivity index is 1.88. The van der Waals surface area contributed by atoms with Gasteiger partial charge in [0.1, 0.15) is 5.82 Å². The number of fused-ring (bicyclic) bond motifs is 2.